The summed E-state index contributed by atoms with van der Waals surface area (Å²) in [7, 11) is 0. The normalized spacial score (nSPS) is 13.2. The molecule has 1 atom stereocenters. The van der Waals surface area contributed by atoms with E-state index in [1.807, 2.05) is 12.1 Å². The third-order valence-corrected chi connectivity index (χ3v) is 2.61. The first-order valence-corrected chi connectivity index (χ1v) is 6.53. The van der Waals surface area contributed by atoms with Gasteiger partial charge < -0.3 is 14.5 Å². The van der Waals surface area contributed by atoms with Crippen LogP contribution in [-0.4, -0.2) is 19.2 Å². The van der Waals surface area contributed by atoms with E-state index < -0.39 is 0 Å². The van der Waals surface area contributed by atoms with E-state index >= 15 is 0 Å². The molecule has 1 N–H and O–H groups in total. The predicted octanol–water partition coefficient (Wildman–Crippen LogP) is 3.21. The molecule has 17 heavy (non-hydrogen) atoms. The van der Waals surface area contributed by atoms with Crippen molar-refractivity contribution in [2.45, 2.75) is 46.3 Å². The monoisotopic (exact) mass is 239 g/mol. The van der Waals surface area contributed by atoms with Crippen LogP contribution in [-0.2, 0) is 11.3 Å². The van der Waals surface area contributed by atoms with Crippen LogP contribution in [0, 0.1) is 5.92 Å². The van der Waals surface area contributed by atoms with Gasteiger partial charge in [-0.15, -0.1) is 0 Å². The zero-order valence-electron chi connectivity index (χ0n) is 11.2. The van der Waals surface area contributed by atoms with Crippen LogP contribution < -0.4 is 5.32 Å². The molecule has 0 fully saturated rings. The van der Waals surface area contributed by atoms with Gasteiger partial charge >= 0.3 is 0 Å². The summed E-state index contributed by atoms with van der Waals surface area (Å²) in [5.74, 6) is 1.62. The molecule has 0 amide bonds. The van der Waals surface area contributed by atoms with Crippen LogP contribution in [0.15, 0.2) is 22.8 Å². The maximum absolute atomic E-state index is 5.69. The lowest BCUT2D eigenvalue weighted by atomic mass is 10.2. The summed E-state index contributed by atoms with van der Waals surface area (Å²) in [4.78, 5) is 0. The van der Waals surface area contributed by atoms with E-state index in [1.54, 1.807) is 6.26 Å². The second-order valence-electron chi connectivity index (χ2n) is 4.94. The molecule has 1 heterocycles. The Hall–Kier alpha value is -0.800. The molecule has 1 aromatic rings. The van der Waals surface area contributed by atoms with E-state index in [0.29, 0.717) is 12.7 Å². The van der Waals surface area contributed by atoms with E-state index in [-0.39, 0.29) is 0 Å². The first-order chi connectivity index (χ1) is 8.18. The summed E-state index contributed by atoms with van der Waals surface area (Å²) in [6.07, 6.45) is 4.22. The minimum Gasteiger partial charge on any atom is -0.467 e. The van der Waals surface area contributed by atoms with Crippen molar-refractivity contribution in [2.24, 2.45) is 5.92 Å². The summed E-state index contributed by atoms with van der Waals surface area (Å²) in [6, 6.07) is 3.83. The molecule has 3 heteroatoms. The predicted molar refractivity (Wildman–Crippen MR) is 69.9 cm³/mol. The van der Waals surface area contributed by atoms with Gasteiger partial charge in [0.2, 0.25) is 0 Å². The maximum Gasteiger partial charge on any atom is 0.129 e. The molecule has 0 aliphatic carbocycles. The SMILES string of the molecule is CC(C)CNCCCC(C)OCc1ccco1. The van der Waals surface area contributed by atoms with Crippen LogP contribution in [0.25, 0.3) is 0 Å². The van der Waals surface area contributed by atoms with Crippen molar-refractivity contribution in [3.05, 3.63) is 24.2 Å². The van der Waals surface area contributed by atoms with Crippen molar-refractivity contribution in [1.29, 1.82) is 0 Å². The molecule has 0 aliphatic heterocycles. The molecule has 0 saturated carbocycles. The van der Waals surface area contributed by atoms with Gasteiger partial charge in [0, 0.05) is 0 Å². The van der Waals surface area contributed by atoms with Gasteiger partial charge in [0.15, 0.2) is 0 Å². The van der Waals surface area contributed by atoms with Crippen molar-refractivity contribution < 1.29 is 9.15 Å². The standard InChI is InChI=1S/C14H25NO2/c1-12(2)10-15-8-4-6-13(3)17-11-14-7-5-9-16-14/h5,7,9,12-13,15H,4,6,8,10-11H2,1-3H3. The Bertz CT molecular complexity index is 270. The first-order valence-electron chi connectivity index (χ1n) is 6.53. The lowest BCUT2D eigenvalue weighted by Gasteiger charge is -2.12. The minimum absolute atomic E-state index is 0.293. The average Bonchev–Trinajstić information content (AvgIpc) is 2.78. The van der Waals surface area contributed by atoms with Crippen LogP contribution in [0.1, 0.15) is 39.4 Å². The van der Waals surface area contributed by atoms with Crippen LogP contribution in [0.5, 0.6) is 0 Å². The van der Waals surface area contributed by atoms with Crippen molar-refractivity contribution in [3.8, 4) is 0 Å². The Balaban J connectivity index is 1.96. The summed E-state index contributed by atoms with van der Waals surface area (Å²) in [6.45, 7) is 9.32. The molecule has 0 bridgehead atoms. The largest absolute Gasteiger partial charge is 0.467 e. The Kier molecular flexibility index (Phi) is 6.97. The van der Waals surface area contributed by atoms with Crippen LogP contribution in [0.2, 0.25) is 0 Å². The number of nitrogens with one attached hydrogen (secondary N) is 1. The molecule has 1 unspecified atom stereocenters. The zero-order valence-corrected chi connectivity index (χ0v) is 11.2. The highest BCUT2D eigenvalue weighted by atomic mass is 16.5. The number of hydrogen-bond acceptors (Lipinski definition) is 3. The van der Waals surface area contributed by atoms with Crippen molar-refractivity contribution in [1.82, 2.24) is 5.32 Å². The molecule has 1 aromatic heterocycles. The minimum atomic E-state index is 0.293. The summed E-state index contributed by atoms with van der Waals surface area (Å²) < 4.78 is 10.9. The molecule has 98 valence electrons. The zero-order chi connectivity index (χ0) is 12.5. The smallest absolute Gasteiger partial charge is 0.129 e. The molecule has 3 nitrogen and oxygen atoms in total. The van der Waals surface area contributed by atoms with Crippen LogP contribution in [0.4, 0.5) is 0 Å². The molecule has 0 radical (unpaired) electrons. The third-order valence-electron chi connectivity index (χ3n) is 2.61. The number of furan rings is 1. The Labute approximate surface area is 105 Å². The lowest BCUT2D eigenvalue weighted by Crippen LogP contribution is -2.21. The highest BCUT2D eigenvalue weighted by Gasteiger charge is 2.03. The molecule has 0 spiro atoms. The summed E-state index contributed by atoms with van der Waals surface area (Å²) in [5, 5.41) is 3.44. The number of rotatable bonds is 9. The number of hydrogen-bond donors (Lipinski definition) is 1. The average molecular weight is 239 g/mol. The van der Waals surface area contributed by atoms with Gasteiger partial charge in [-0.25, -0.2) is 0 Å². The van der Waals surface area contributed by atoms with Gasteiger partial charge in [0.25, 0.3) is 0 Å². The van der Waals surface area contributed by atoms with Gasteiger partial charge in [-0.3, -0.25) is 0 Å². The third kappa shape index (κ3) is 7.18. The van der Waals surface area contributed by atoms with E-state index in [2.05, 4.69) is 26.1 Å². The molecular formula is C14H25NO2. The first kappa shape index (κ1) is 14.3. The van der Waals surface area contributed by atoms with Gasteiger partial charge in [-0.1, -0.05) is 13.8 Å². The van der Waals surface area contributed by atoms with Gasteiger partial charge in [-0.2, -0.15) is 0 Å². The highest BCUT2D eigenvalue weighted by Crippen LogP contribution is 2.07. The second kappa shape index (κ2) is 8.31. The van der Waals surface area contributed by atoms with E-state index in [1.165, 1.54) is 0 Å². The Morgan fingerprint density at radius 2 is 2.18 bits per heavy atom. The molecular weight excluding hydrogens is 214 g/mol. The van der Waals surface area contributed by atoms with Crippen LogP contribution >= 0.6 is 0 Å². The maximum atomic E-state index is 5.69. The summed E-state index contributed by atoms with van der Waals surface area (Å²) in [5.41, 5.74) is 0. The lowest BCUT2D eigenvalue weighted by molar-refractivity contribution is 0.0365. The topological polar surface area (TPSA) is 34.4 Å². The number of ether oxygens (including phenoxy) is 1. The van der Waals surface area contributed by atoms with Gasteiger partial charge in [-0.05, 0) is 50.9 Å². The Morgan fingerprint density at radius 1 is 1.35 bits per heavy atom. The van der Waals surface area contributed by atoms with Gasteiger partial charge in [0.05, 0.1) is 12.4 Å². The van der Waals surface area contributed by atoms with Crippen molar-refractivity contribution in [3.63, 3.8) is 0 Å². The van der Waals surface area contributed by atoms with Crippen LogP contribution in [0.3, 0.4) is 0 Å². The van der Waals surface area contributed by atoms with Crippen molar-refractivity contribution in [2.75, 3.05) is 13.1 Å². The fraction of sp³-hybridized carbons (Fsp3) is 0.714. The fourth-order valence-electron chi connectivity index (χ4n) is 1.61. The summed E-state index contributed by atoms with van der Waals surface area (Å²) >= 11 is 0. The Morgan fingerprint density at radius 3 is 2.82 bits per heavy atom. The molecule has 0 aromatic carbocycles. The van der Waals surface area contributed by atoms with E-state index in [4.69, 9.17) is 9.15 Å². The molecule has 0 saturated heterocycles. The fourth-order valence-corrected chi connectivity index (χ4v) is 1.61. The van der Waals surface area contributed by atoms with E-state index in [0.717, 1.165) is 37.6 Å². The molecule has 1 rings (SSSR count). The molecule has 0 aliphatic rings. The van der Waals surface area contributed by atoms with E-state index in [9.17, 15) is 0 Å². The second-order valence-corrected chi connectivity index (χ2v) is 4.94. The van der Waals surface area contributed by atoms with Gasteiger partial charge in [0.1, 0.15) is 12.4 Å². The highest BCUT2D eigenvalue weighted by molar-refractivity contribution is 4.96. The van der Waals surface area contributed by atoms with Crippen molar-refractivity contribution >= 4 is 0 Å². The quantitative estimate of drug-likeness (QED) is 0.672.